The summed E-state index contributed by atoms with van der Waals surface area (Å²) in [5.41, 5.74) is 0.379. The maximum atomic E-state index is 13.6. The second kappa shape index (κ2) is 11.9. The SMILES string of the molecule is COC(=O)C1=C(C)N(c2cccc(C(F)(F)F)c2)c2n[nH]c(=O)n2[C@@H]1c1ccc(C#N)cc1CC[N+](C)(C)Cc1nnc(C)s1. The fourth-order valence-electron chi connectivity index (χ4n) is 5.51. The van der Waals surface area contributed by atoms with Crippen molar-refractivity contribution in [2.45, 2.75) is 39.0 Å². The summed E-state index contributed by atoms with van der Waals surface area (Å²) >= 11 is 1.52. The molecule has 0 saturated carbocycles. The lowest BCUT2D eigenvalue weighted by molar-refractivity contribution is -0.903. The molecular weight excluding hydrogens is 609 g/mol. The van der Waals surface area contributed by atoms with Gasteiger partial charge in [0.15, 0.2) is 5.01 Å². The zero-order valence-electron chi connectivity index (χ0n) is 25.1. The van der Waals surface area contributed by atoms with Gasteiger partial charge in [0.1, 0.15) is 17.6 Å². The number of quaternary nitrogens is 1. The van der Waals surface area contributed by atoms with Crippen molar-refractivity contribution in [2.75, 3.05) is 32.6 Å². The van der Waals surface area contributed by atoms with Crippen LogP contribution in [0.1, 0.15) is 45.2 Å². The maximum absolute atomic E-state index is 13.6. The molecule has 4 aromatic rings. The molecule has 0 saturated heterocycles. The number of aromatic nitrogens is 5. The van der Waals surface area contributed by atoms with Crippen LogP contribution in [0.3, 0.4) is 0 Å². The number of esters is 1. The molecule has 2 aromatic heterocycles. The molecule has 45 heavy (non-hydrogen) atoms. The van der Waals surface area contributed by atoms with Crippen LogP contribution in [0.4, 0.5) is 24.8 Å². The van der Waals surface area contributed by atoms with Gasteiger partial charge in [-0.2, -0.15) is 18.4 Å². The van der Waals surface area contributed by atoms with Crippen molar-refractivity contribution in [3.05, 3.63) is 96.5 Å². The van der Waals surface area contributed by atoms with Crippen molar-refractivity contribution in [3.8, 4) is 6.07 Å². The summed E-state index contributed by atoms with van der Waals surface area (Å²) in [6.07, 6.45) is -4.17. The number of anilines is 2. The van der Waals surface area contributed by atoms with Crippen LogP contribution in [0.2, 0.25) is 0 Å². The number of allylic oxidation sites excluding steroid dienone is 1. The molecule has 0 aliphatic carbocycles. The van der Waals surface area contributed by atoms with Crippen LogP contribution in [0.25, 0.3) is 0 Å². The van der Waals surface area contributed by atoms with Crippen molar-refractivity contribution < 1.29 is 27.2 Å². The number of methoxy groups -OCH3 is 1. The first kappa shape index (κ1) is 31.6. The Morgan fingerprint density at radius 2 is 1.93 bits per heavy atom. The third-order valence-electron chi connectivity index (χ3n) is 7.66. The number of hydrogen-bond acceptors (Lipinski definition) is 9. The summed E-state index contributed by atoms with van der Waals surface area (Å²) in [6.45, 7) is 4.67. The number of nitriles is 1. The van der Waals surface area contributed by atoms with Gasteiger partial charge in [0.25, 0.3) is 0 Å². The number of alkyl halides is 3. The van der Waals surface area contributed by atoms with Crippen LogP contribution in [-0.4, -0.2) is 63.2 Å². The summed E-state index contributed by atoms with van der Waals surface area (Å²) in [6, 6.07) is 10.6. The minimum absolute atomic E-state index is 0.00691. The zero-order valence-corrected chi connectivity index (χ0v) is 26.0. The molecule has 234 valence electrons. The Morgan fingerprint density at radius 1 is 1.18 bits per heavy atom. The highest BCUT2D eigenvalue weighted by molar-refractivity contribution is 7.11. The third kappa shape index (κ3) is 6.24. The molecule has 0 unspecified atom stereocenters. The fourth-order valence-corrected chi connectivity index (χ4v) is 6.43. The van der Waals surface area contributed by atoms with Crippen molar-refractivity contribution in [2.24, 2.45) is 0 Å². The number of nitrogens with zero attached hydrogens (tertiary/aromatic N) is 7. The second-order valence-electron chi connectivity index (χ2n) is 11.3. The molecule has 1 N–H and O–H groups in total. The van der Waals surface area contributed by atoms with E-state index in [1.165, 1.54) is 40.0 Å². The average molecular weight is 640 g/mol. The Kier molecular flexibility index (Phi) is 8.39. The molecule has 5 rings (SSSR count). The number of H-pyrrole nitrogens is 1. The number of likely N-dealkylation sites (N-methyl/N-ethyl adjacent to an activating group) is 1. The number of aromatic amines is 1. The Morgan fingerprint density at radius 3 is 2.58 bits per heavy atom. The first-order valence-corrected chi connectivity index (χ1v) is 14.6. The molecule has 1 aliphatic heterocycles. The number of nitrogens with one attached hydrogen (secondary N) is 1. The van der Waals surface area contributed by atoms with Crippen LogP contribution in [0.5, 0.6) is 0 Å². The lowest BCUT2D eigenvalue weighted by Crippen LogP contribution is -2.41. The van der Waals surface area contributed by atoms with E-state index in [1.807, 2.05) is 21.0 Å². The molecule has 0 amide bonds. The molecule has 2 aromatic carbocycles. The number of aryl methyl sites for hydroxylation is 1. The number of halogens is 3. The number of benzene rings is 2. The van der Waals surface area contributed by atoms with Gasteiger partial charge in [-0.1, -0.05) is 23.5 Å². The molecular formula is C30H30F3N8O3S+. The lowest BCUT2D eigenvalue weighted by atomic mass is 9.89. The Bertz CT molecular complexity index is 1900. The Hall–Kier alpha value is -4.81. The predicted molar refractivity (Wildman–Crippen MR) is 159 cm³/mol. The van der Waals surface area contributed by atoms with Gasteiger partial charge in [0, 0.05) is 17.8 Å². The number of ether oxygens (including phenoxy) is 1. The normalized spacial score (nSPS) is 15.2. The first-order chi connectivity index (χ1) is 21.2. The number of rotatable bonds is 8. The predicted octanol–water partition coefficient (Wildman–Crippen LogP) is 4.63. The monoisotopic (exact) mass is 639 g/mol. The summed E-state index contributed by atoms with van der Waals surface area (Å²) in [5.74, 6) is -0.779. The zero-order chi connectivity index (χ0) is 32.7. The maximum Gasteiger partial charge on any atom is 0.416 e. The van der Waals surface area contributed by atoms with Crippen molar-refractivity contribution in [1.82, 2.24) is 25.0 Å². The standard InChI is InChI=1S/C30H29F3N8O3S/c1-17-25(27(42)44-5)26(40-28(37-38-29(40)43)39(17)22-8-6-7-21(14-22)30(31,32)33)23-10-9-19(15-34)13-20(23)11-12-41(3,4)16-24-36-35-18(2)45-24/h6-10,13-14,26H,11-12,16H2,1-5H3/p+1/t26-/m1/s1. The van der Waals surface area contributed by atoms with Gasteiger partial charge < -0.3 is 9.22 Å². The number of carbonyl (C=O) groups is 1. The molecule has 15 heteroatoms. The lowest BCUT2D eigenvalue weighted by Gasteiger charge is -2.36. The van der Waals surface area contributed by atoms with Crippen LogP contribution in [0.15, 0.2) is 58.5 Å². The van der Waals surface area contributed by atoms with E-state index >= 15 is 0 Å². The smallest absolute Gasteiger partial charge is 0.416 e. The molecule has 11 nitrogen and oxygen atoms in total. The fraction of sp³-hybridized carbons (Fsp3) is 0.333. The van der Waals surface area contributed by atoms with E-state index in [-0.39, 0.29) is 22.9 Å². The van der Waals surface area contributed by atoms with E-state index in [1.54, 1.807) is 25.1 Å². The van der Waals surface area contributed by atoms with E-state index in [0.717, 1.165) is 22.1 Å². The van der Waals surface area contributed by atoms with E-state index < -0.39 is 29.4 Å². The van der Waals surface area contributed by atoms with E-state index in [4.69, 9.17) is 4.74 Å². The van der Waals surface area contributed by atoms with Crippen molar-refractivity contribution in [3.63, 3.8) is 0 Å². The summed E-state index contributed by atoms with van der Waals surface area (Å²) in [5, 5.41) is 26.4. The minimum atomic E-state index is -4.62. The van der Waals surface area contributed by atoms with E-state index in [0.29, 0.717) is 40.7 Å². The highest BCUT2D eigenvalue weighted by Gasteiger charge is 2.41. The number of fused-ring (bicyclic) bond motifs is 1. The largest absolute Gasteiger partial charge is 0.466 e. The molecule has 3 heterocycles. The highest BCUT2D eigenvalue weighted by Crippen LogP contribution is 2.43. The van der Waals surface area contributed by atoms with Gasteiger partial charge in [0.2, 0.25) is 5.95 Å². The molecule has 0 bridgehead atoms. The van der Waals surface area contributed by atoms with Gasteiger partial charge >= 0.3 is 17.8 Å². The minimum Gasteiger partial charge on any atom is -0.466 e. The van der Waals surface area contributed by atoms with Crippen LogP contribution >= 0.6 is 11.3 Å². The number of hydrogen-bond donors (Lipinski definition) is 1. The third-order valence-corrected chi connectivity index (χ3v) is 8.49. The molecule has 1 atom stereocenters. The van der Waals surface area contributed by atoms with Gasteiger partial charge in [-0.25, -0.2) is 19.3 Å². The van der Waals surface area contributed by atoms with Gasteiger partial charge in [-0.05, 0) is 55.3 Å². The molecule has 0 spiro atoms. The van der Waals surface area contributed by atoms with Crippen molar-refractivity contribution in [1.29, 1.82) is 5.26 Å². The van der Waals surface area contributed by atoms with E-state index in [2.05, 4.69) is 26.5 Å². The highest BCUT2D eigenvalue weighted by atomic mass is 32.1. The molecule has 0 radical (unpaired) electrons. The summed E-state index contributed by atoms with van der Waals surface area (Å²) < 4.78 is 47.9. The topological polar surface area (TPSA) is 130 Å². The quantitative estimate of drug-likeness (QED) is 0.218. The van der Waals surface area contributed by atoms with Crippen molar-refractivity contribution >= 4 is 28.9 Å². The average Bonchev–Trinajstić information content (AvgIpc) is 3.58. The van der Waals surface area contributed by atoms with Gasteiger partial charge in [-0.3, -0.25) is 4.90 Å². The van der Waals surface area contributed by atoms with E-state index in [9.17, 15) is 28.0 Å². The first-order valence-electron chi connectivity index (χ1n) is 13.8. The van der Waals surface area contributed by atoms with Crippen LogP contribution in [0, 0.1) is 18.3 Å². The molecule has 0 fully saturated rings. The second-order valence-corrected chi connectivity index (χ2v) is 12.5. The Labute approximate surface area is 260 Å². The molecule has 1 aliphatic rings. The van der Waals surface area contributed by atoms with Crippen LogP contribution < -0.4 is 10.6 Å². The van der Waals surface area contributed by atoms with Gasteiger partial charge in [0.05, 0.1) is 50.5 Å². The summed E-state index contributed by atoms with van der Waals surface area (Å²) in [4.78, 5) is 28.2. The Balaban J connectivity index is 1.65. The van der Waals surface area contributed by atoms with Gasteiger partial charge in [-0.15, -0.1) is 15.3 Å². The number of carbonyl (C=O) groups excluding carboxylic acids is 1. The summed E-state index contributed by atoms with van der Waals surface area (Å²) in [7, 11) is 5.28. The van der Waals surface area contributed by atoms with Crippen LogP contribution in [-0.2, 0) is 28.7 Å².